The SMILES string of the molecule is N#Cc1ccc(CS(=O)(=O)CC(=O)Nc2ccc(Oc3ccc(Cl)cc3)nc2)cc1. The van der Waals surface area contributed by atoms with Gasteiger partial charge in [0.2, 0.25) is 11.8 Å². The van der Waals surface area contributed by atoms with Crippen molar-refractivity contribution in [2.24, 2.45) is 0 Å². The van der Waals surface area contributed by atoms with Crippen molar-refractivity contribution in [3.05, 3.63) is 83.0 Å². The maximum absolute atomic E-state index is 12.3. The van der Waals surface area contributed by atoms with E-state index < -0.39 is 21.5 Å². The predicted octanol–water partition coefficient (Wildman–Crippen LogP) is 3.95. The largest absolute Gasteiger partial charge is 0.439 e. The van der Waals surface area contributed by atoms with Crippen molar-refractivity contribution in [1.29, 1.82) is 5.26 Å². The molecule has 1 heterocycles. The highest BCUT2D eigenvalue weighted by atomic mass is 35.5. The average molecular weight is 442 g/mol. The van der Waals surface area contributed by atoms with Crippen molar-refractivity contribution < 1.29 is 17.9 Å². The van der Waals surface area contributed by atoms with E-state index in [4.69, 9.17) is 21.6 Å². The van der Waals surface area contributed by atoms with Gasteiger partial charge in [-0.1, -0.05) is 23.7 Å². The Labute approximate surface area is 178 Å². The first-order valence-electron chi connectivity index (χ1n) is 8.72. The van der Waals surface area contributed by atoms with Crippen LogP contribution in [0.4, 0.5) is 5.69 Å². The second-order valence-electron chi connectivity index (χ2n) is 6.33. The normalized spacial score (nSPS) is 10.8. The summed E-state index contributed by atoms with van der Waals surface area (Å²) >= 11 is 5.82. The summed E-state index contributed by atoms with van der Waals surface area (Å²) in [4.78, 5) is 16.2. The quantitative estimate of drug-likeness (QED) is 0.594. The van der Waals surface area contributed by atoms with Crippen LogP contribution in [0.2, 0.25) is 5.02 Å². The highest BCUT2D eigenvalue weighted by molar-refractivity contribution is 7.91. The lowest BCUT2D eigenvalue weighted by Gasteiger charge is -2.08. The Morgan fingerprint density at radius 2 is 1.77 bits per heavy atom. The Hall–Kier alpha value is -3.41. The number of carbonyl (C=O) groups is 1. The summed E-state index contributed by atoms with van der Waals surface area (Å²) in [5, 5.41) is 11.9. The molecule has 30 heavy (non-hydrogen) atoms. The lowest BCUT2D eigenvalue weighted by molar-refractivity contribution is -0.113. The molecular formula is C21H16ClN3O4S. The van der Waals surface area contributed by atoms with Crippen LogP contribution < -0.4 is 10.1 Å². The molecule has 1 N–H and O–H groups in total. The van der Waals surface area contributed by atoms with Crippen molar-refractivity contribution >= 4 is 33.0 Å². The molecule has 1 amide bonds. The molecule has 0 fully saturated rings. The molecule has 0 aliphatic carbocycles. The first-order chi connectivity index (χ1) is 14.3. The molecule has 0 aliphatic heterocycles. The molecule has 1 aromatic heterocycles. The summed E-state index contributed by atoms with van der Waals surface area (Å²) in [6.07, 6.45) is 1.37. The van der Waals surface area contributed by atoms with Gasteiger partial charge in [0.25, 0.3) is 0 Å². The fourth-order valence-electron chi connectivity index (χ4n) is 2.52. The topological polar surface area (TPSA) is 109 Å². The number of anilines is 1. The lowest BCUT2D eigenvalue weighted by atomic mass is 10.2. The van der Waals surface area contributed by atoms with Gasteiger partial charge in [0.15, 0.2) is 9.84 Å². The molecule has 9 heteroatoms. The molecule has 0 radical (unpaired) electrons. The van der Waals surface area contributed by atoms with E-state index in [1.165, 1.54) is 18.3 Å². The van der Waals surface area contributed by atoms with Crippen LogP contribution in [-0.2, 0) is 20.4 Å². The Bertz CT molecular complexity index is 1170. The van der Waals surface area contributed by atoms with Crippen molar-refractivity contribution in [3.8, 4) is 17.7 Å². The molecule has 2 aromatic carbocycles. The number of hydrogen-bond acceptors (Lipinski definition) is 6. The van der Waals surface area contributed by atoms with Gasteiger partial charge in [-0.2, -0.15) is 5.26 Å². The number of hydrogen-bond donors (Lipinski definition) is 1. The van der Waals surface area contributed by atoms with Crippen molar-refractivity contribution in [3.63, 3.8) is 0 Å². The number of halogens is 1. The molecule has 0 spiro atoms. The highest BCUT2D eigenvalue weighted by Crippen LogP contribution is 2.22. The van der Waals surface area contributed by atoms with Crippen molar-refractivity contribution in [2.45, 2.75) is 5.75 Å². The fraction of sp³-hybridized carbons (Fsp3) is 0.0952. The van der Waals surface area contributed by atoms with Crippen LogP contribution in [-0.4, -0.2) is 25.1 Å². The van der Waals surface area contributed by atoms with Gasteiger partial charge >= 0.3 is 0 Å². The number of pyridine rings is 1. The number of benzene rings is 2. The number of sulfone groups is 1. The van der Waals surface area contributed by atoms with Gasteiger partial charge in [-0.25, -0.2) is 13.4 Å². The third-order valence-corrected chi connectivity index (χ3v) is 5.60. The van der Waals surface area contributed by atoms with Crippen LogP contribution in [0.15, 0.2) is 66.9 Å². The summed E-state index contributed by atoms with van der Waals surface area (Å²) in [6, 6.07) is 18.0. The Kier molecular flexibility index (Phi) is 6.67. The maximum Gasteiger partial charge on any atom is 0.239 e. The van der Waals surface area contributed by atoms with E-state index in [9.17, 15) is 13.2 Å². The minimum absolute atomic E-state index is 0.293. The van der Waals surface area contributed by atoms with Gasteiger partial charge in [-0.3, -0.25) is 4.79 Å². The first-order valence-corrected chi connectivity index (χ1v) is 10.9. The van der Waals surface area contributed by atoms with E-state index >= 15 is 0 Å². The number of amides is 1. The zero-order valence-corrected chi connectivity index (χ0v) is 17.2. The molecule has 3 rings (SSSR count). The van der Waals surface area contributed by atoms with Gasteiger partial charge in [0.05, 0.1) is 29.3 Å². The summed E-state index contributed by atoms with van der Waals surface area (Å²) in [7, 11) is -3.68. The minimum atomic E-state index is -3.68. The van der Waals surface area contributed by atoms with E-state index in [0.717, 1.165) is 0 Å². The Balaban J connectivity index is 1.55. The molecule has 7 nitrogen and oxygen atoms in total. The van der Waals surface area contributed by atoms with Gasteiger partial charge in [0.1, 0.15) is 11.5 Å². The van der Waals surface area contributed by atoms with E-state index in [2.05, 4.69) is 10.3 Å². The van der Waals surface area contributed by atoms with E-state index in [-0.39, 0.29) is 5.75 Å². The van der Waals surface area contributed by atoms with Crippen LogP contribution in [0.1, 0.15) is 11.1 Å². The summed E-state index contributed by atoms with van der Waals surface area (Å²) in [5.74, 6) is -0.771. The van der Waals surface area contributed by atoms with E-state index in [0.29, 0.717) is 33.5 Å². The van der Waals surface area contributed by atoms with E-state index in [1.54, 1.807) is 48.5 Å². The molecule has 0 unspecified atom stereocenters. The number of aromatic nitrogens is 1. The van der Waals surface area contributed by atoms with Crippen LogP contribution in [0, 0.1) is 11.3 Å². The lowest BCUT2D eigenvalue weighted by Crippen LogP contribution is -2.24. The number of nitrogens with one attached hydrogen (secondary N) is 1. The number of carbonyl (C=O) groups excluding carboxylic acids is 1. The fourth-order valence-corrected chi connectivity index (χ4v) is 3.92. The molecular weight excluding hydrogens is 426 g/mol. The summed E-state index contributed by atoms with van der Waals surface area (Å²) in [6.45, 7) is 0. The second-order valence-corrected chi connectivity index (χ2v) is 8.83. The van der Waals surface area contributed by atoms with Crippen LogP contribution in [0.5, 0.6) is 11.6 Å². The third kappa shape index (κ3) is 6.30. The zero-order chi connectivity index (χ0) is 21.6. The van der Waals surface area contributed by atoms with Crippen LogP contribution in [0.3, 0.4) is 0 Å². The molecule has 152 valence electrons. The molecule has 0 saturated carbocycles. The molecule has 0 saturated heterocycles. The summed E-state index contributed by atoms with van der Waals surface area (Å²) < 4.78 is 30.1. The number of nitriles is 1. The van der Waals surface area contributed by atoms with Gasteiger partial charge in [0, 0.05) is 11.1 Å². The first kappa shape index (κ1) is 21.3. The highest BCUT2D eigenvalue weighted by Gasteiger charge is 2.18. The predicted molar refractivity (Wildman–Crippen MR) is 113 cm³/mol. The molecule has 0 atom stereocenters. The third-order valence-electron chi connectivity index (χ3n) is 3.88. The second kappa shape index (κ2) is 9.39. The number of rotatable bonds is 7. The number of nitrogens with zero attached hydrogens (tertiary/aromatic N) is 2. The molecule has 0 bridgehead atoms. The summed E-state index contributed by atoms with van der Waals surface area (Å²) in [5.41, 5.74) is 1.29. The Morgan fingerprint density at radius 1 is 1.07 bits per heavy atom. The van der Waals surface area contributed by atoms with Gasteiger partial charge in [-0.15, -0.1) is 0 Å². The maximum atomic E-state index is 12.3. The van der Waals surface area contributed by atoms with Gasteiger partial charge < -0.3 is 10.1 Å². The molecule has 0 aliphatic rings. The minimum Gasteiger partial charge on any atom is -0.439 e. The van der Waals surface area contributed by atoms with Gasteiger partial charge in [-0.05, 0) is 48.0 Å². The Morgan fingerprint density at radius 3 is 2.37 bits per heavy atom. The van der Waals surface area contributed by atoms with E-state index in [1.807, 2.05) is 6.07 Å². The van der Waals surface area contributed by atoms with Crippen molar-refractivity contribution in [2.75, 3.05) is 11.1 Å². The monoisotopic (exact) mass is 441 g/mol. The standard InChI is InChI=1S/C21H16ClN3O4S/c22-17-5-8-19(9-6-17)29-21-10-7-18(12-24-21)25-20(26)14-30(27,28)13-16-3-1-15(11-23)2-4-16/h1-10,12H,13-14H2,(H,25,26). The van der Waals surface area contributed by atoms with Crippen molar-refractivity contribution in [1.82, 2.24) is 4.98 Å². The van der Waals surface area contributed by atoms with Crippen LogP contribution in [0.25, 0.3) is 0 Å². The zero-order valence-electron chi connectivity index (χ0n) is 15.6. The van der Waals surface area contributed by atoms with Crippen LogP contribution >= 0.6 is 11.6 Å². The number of ether oxygens (including phenoxy) is 1. The molecule has 3 aromatic rings. The average Bonchev–Trinajstić information content (AvgIpc) is 2.71. The smallest absolute Gasteiger partial charge is 0.239 e.